The Hall–Kier alpha value is -0.200. The third kappa shape index (κ3) is 1.52. The molecule has 2 unspecified atom stereocenters. The van der Waals surface area contributed by atoms with Gasteiger partial charge in [0.15, 0.2) is 0 Å². The van der Waals surface area contributed by atoms with Gasteiger partial charge in [-0.1, -0.05) is 0 Å². The van der Waals surface area contributed by atoms with Gasteiger partial charge in [0.05, 0.1) is 12.2 Å². The van der Waals surface area contributed by atoms with E-state index in [0.29, 0.717) is 0 Å². The van der Waals surface area contributed by atoms with Gasteiger partial charge in [-0.05, 0) is 0 Å². The van der Waals surface area contributed by atoms with Crippen LogP contribution in [-0.2, 0) is 0 Å². The fourth-order valence-electron chi connectivity index (χ4n) is 1.18. The van der Waals surface area contributed by atoms with Crippen molar-refractivity contribution in [3.63, 3.8) is 0 Å². The lowest BCUT2D eigenvalue weighted by Crippen LogP contribution is -2.55. The minimum Gasteiger partial charge on any atom is -0.390 e. The van der Waals surface area contributed by atoms with Crippen molar-refractivity contribution in [1.29, 1.82) is 0 Å². The Labute approximate surface area is 63.5 Å². The summed E-state index contributed by atoms with van der Waals surface area (Å²) in [4.78, 5) is 0. The first-order chi connectivity index (χ1) is 5.04. The van der Waals surface area contributed by atoms with E-state index in [0.717, 1.165) is 0 Å². The Kier molecular flexibility index (Phi) is 2.46. The van der Waals surface area contributed by atoms with Crippen LogP contribution in [0, 0.1) is 0 Å². The van der Waals surface area contributed by atoms with Gasteiger partial charge in [-0.2, -0.15) is 0 Å². The van der Waals surface area contributed by atoms with E-state index >= 15 is 0 Å². The first-order valence-corrected chi connectivity index (χ1v) is 3.44. The van der Waals surface area contributed by atoms with Gasteiger partial charge in [0.25, 0.3) is 0 Å². The zero-order valence-corrected chi connectivity index (χ0v) is 5.83. The van der Waals surface area contributed by atoms with E-state index in [1.165, 1.54) is 0 Å². The van der Waals surface area contributed by atoms with Gasteiger partial charge in [0.2, 0.25) is 0 Å². The largest absolute Gasteiger partial charge is 0.390 e. The van der Waals surface area contributed by atoms with Crippen LogP contribution in [-0.4, -0.2) is 56.1 Å². The van der Waals surface area contributed by atoms with E-state index in [2.05, 4.69) is 0 Å². The van der Waals surface area contributed by atoms with Crippen molar-refractivity contribution in [2.45, 2.75) is 36.9 Å². The Morgan fingerprint density at radius 2 is 1.00 bits per heavy atom. The van der Waals surface area contributed by atoms with Crippen molar-refractivity contribution in [1.82, 2.24) is 0 Å². The first-order valence-electron chi connectivity index (χ1n) is 3.44. The molecule has 0 aromatic heterocycles. The highest BCUT2D eigenvalue weighted by atomic mass is 16.4. The molecule has 0 aromatic carbocycles. The van der Waals surface area contributed by atoms with E-state index in [1.807, 2.05) is 0 Å². The Morgan fingerprint density at radius 3 is 1.36 bits per heavy atom. The molecule has 0 aliphatic heterocycles. The van der Waals surface area contributed by atoms with Crippen molar-refractivity contribution >= 4 is 0 Å². The molecule has 0 saturated heterocycles. The van der Waals surface area contributed by atoms with Crippen molar-refractivity contribution in [3.05, 3.63) is 0 Å². The molecule has 0 spiro atoms. The quantitative estimate of drug-likeness (QED) is 0.266. The summed E-state index contributed by atoms with van der Waals surface area (Å²) in [5, 5.41) is 44.8. The summed E-state index contributed by atoms with van der Waals surface area (Å²) in [7, 11) is 0. The zero-order chi connectivity index (χ0) is 8.59. The highest BCUT2D eigenvalue weighted by Crippen LogP contribution is 2.20. The van der Waals surface area contributed by atoms with Gasteiger partial charge in [0.1, 0.15) is 18.3 Å². The maximum atomic E-state index is 8.97. The molecular formula is C6H12O5. The van der Waals surface area contributed by atoms with E-state index < -0.39 is 30.5 Å². The van der Waals surface area contributed by atoms with Crippen LogP contribution in [0.25, 0.3) is 0 Å². The predicted octanol–water partition coefficient (Wildman–Crippen LogP) is -2.81. The number of rotatable bonds is 0. The molecule has 1 saturated carbocycles. The smallest absolute Gasteiger partial charge is 0.111 e. The summed E-state index contributed by atoms with van der Waals surface area (Å²) < 4.78 is 0. The van der Waals surface area contributed by atoms with Crippen LogP contribution in [0.15, 0.2) is 0 Å². The first kappa shape index (κ1) is 8.89. The lowest BCUT2D eigenvalue weighted by Gasteiger charge is -2.35. The number of aliphatic hydroxyl groups excluding tert-OH is 5. The summed E-state index contributed by atoms with van der Waals surface area (Å²) in [6.45, 7) is 0. The second kappa shape index (κ2) is 3.04. The molecule has 5 N–H and O–H groups in total. The van der Waals surface area contributed by atoms with Gasteiger partial charge < -0.3 is 25.5 Å². The van der Waals surface area contributed by atoms with Crippen molar-refractivity contribution in [3.8, 4) is 0 Å². The van der Waals surface area contributed by atoms with Crippen molar-refractivity contribution in [2.24, 2.45) is 0 Å². The maximum absolute atomic E-state index is 8.97. The molecule has 0 bridgehead atoms. The molecule has 0 aromatic rings. The summed E-state index contributed by atoms with van der Waals surface area (Å²) in [6, 6.07) is 0. The maximum Gasteiger partial charge on any atom is 0.111 e. The third-order valence-corrected chi connectivity index (χ3v) is 1.97. The monoisotopic (exact) mass is 164 g/mol. The van der Waals surface area contributed by atoms with E-state index in [4.69, 9.17) is 25.5 Å². The van der Waals surface area contributed by atoms with Crippen LogP contribution in [0.4, 0.5) is 0 Å². The van der Waals surface area contributed by atoms with E-state index in [-0.39, 0.29) is 6.42 Å². The topological polar surface area (TPSA) is 101 Å². The Balaban J connectivity index is 2.63. The van der Waals surface area contributed by atoms with Crippen LogP contribution in [0.3, 0.4) is 0 Å². The molecule has 1 aliphatic carbocycles. The molecular weight excluding hydrogens is 152 g/mol. The molecule has 1 aliphatic rings. The van der Waals surface area contributed by atoms with Gasteiger partial charge in [-0.3, -0.25) is 0 Å². The summed E-state index contributed by atoms with van der Waals surface area (Å²) in [5.74, 6) is 0. The van der Waals surface area contributed by atoms with Gasteiger partial charge >= 0.3 is 0 Å². The predicted molar refractivity (Wildman–Crippen MR) is 34.7 cm³/mol. The molecule has 1 rings (SSSR count). The molecule has 5 nitrogen and oxygen atoms in total. The fourth-order valence-corrected chi connectivity index (χ4v) is 1.18. The molecule has 1 fully saturated rings. The average Bonchev–Trinajstić information content (AvgIpc) is 1.97. The lowest BCUT2D eigenvalue weighted by atomic mass is 9.87. The summed E-state index contributed by atoms with van der Waals surface area (Å²) in [6.07, 6.45) is -6.64. The minimum absolute atomic E-state index is 0.112. The highest BCUT2D eigenvalue weighted by Gasteiger charge is 2.40. The van der Waals surface area contributed by atoms with Gasteiger partial charge in [-0.15, -0.1) is 0 Å². The van der Waals surface area contributed by atoms with Crippen LogP contribution < -0.4 is 0 Å². The fraction of sp³-hybridized carbons (Fsp3) is 1.00. The van der Waals surface area contributed by atoms with Gasteiger partial charge in [-0.25, -0.2) is 0 Å². The van der Waals surface area contributed by atoms with Gasteiger partial charge in [0, 0.05) is 6.42 Å². The van der Waals surface area contributed by atoms with Crippen molar-refractivity contribution < 1.29 is 25.5 Å². The van der Waals surface area contributed by atoms with E-state index in [1.54, 1.807) is 0 Å². The van der Waals surface area contributed by atoms with Crippen LogP contribution in [0.2, 0.25) is 0 Å². The molecule has 5 heteroatoms. The molecule has 0 radical (unpaired) electrons. The zero-order valence-electron chi connectivity index (χ0n) is 5.83. The Bertz CT molecular complexity index is 125. The van der Waals surface area contributed by atoms with Crippen LogP contribution in [0.1, 0.15) is 6.42 Å². The number of aliphatic hydroxyl groups is 5. The van der Waals surface area contributed by atoms with E-state index in [9.17, 15) is 0 Å². The summed E-state index contributed by atoms with van der Waals surface area (Å²) >= 11 is 0. The number of hydrogen-bond donors (Lipinski definition) is 5. The standard InChI is InChI=1S/C6H12O5/c7-2-1-3(8)5(10)6(11)4(2)9/h2-11H,1H2/t2-,3-,4+,5?,6?/m1/s1. The molecule has 11 heavy (non-hydrogen) atoms. The Morgan fingerprint density at radius 1 is 0.636 bits per heavy atom. The molecule has 5 atom stereocenters. The average molecular weight is 164 g/mol. The highest BCUT2D eigenvalue weighted by molar-refractivity contribution is 4.92. The second-order valence-electron chi connectivity index (χ2n) is 2.84. The molecule has 0 amide bonds. The lowest BCUT2D eigenvalue weighted by molar-refractivity contribution is -0.176. The third-order valence-electron chi connectivity index (χ3n) is 1.97. The molecule has 0 heterocycles. The van der Waals surface area contributed by atoms with Crippen LogP contribution in [0.5, 0.6) is 0 Å². The second-order valence-corrected chi connectivity index (χ2v) is 2.84. The molecule has 66 valence electrons. The SMILES string of the molecule is OC1C(O)[C@@H](O)[C@H](O)C[C@H]1O. The minimum atomic E-state index is -1.46. The van der Waals surface area contributed by atoms with Crippen molar-refractivity contribution in [2.75, 3.05) is 0 Å². The number of hydrogen-bond acceptors (Lipinski definition) is 5. The van der Waals surface area contributed by atoms with Crippen LogP contribution >= 0.6 is 0 Å². The normalized spacial score (nSPS) is 52.6. The summed E-state index contributed by atoms with van der Waals surface area (Å²) in [5.41, 5.74) is 0.